The topological polar surface area (TPSA) is 62.7 Å². The minimum atomic E-state index is -1.56. The smallest absolute Gasteiger partial charge is 0.188 e. The fourth-order valence-electron chi connectivity index (χ4n) is 4.14. The van der Waals surface area contributed by atoms with Crippen LogP contribution >= 0.6 is 34.4 Å². The number of benzene rings is 1. The van der Waals surface area contributed by atoms with Gasteiger partial charge in [-0.05, 0) is 0 Å². The summed E-state index contributed by atoms with van der Waals surface area (Å²) in [5, 5.41) is 0. The number of ether oxygens (including phenoxy) is 4. The second-order valence-corrected chi connectivity index (χ2v) is 23.4. The number of rotatable bonds is 2. The van der Waals surface area contributed by atoms with Crippen LogP contribution in [-0.2, 0) is 0 Å². The maximum atomic E-state index is 6.13. The van der Waals surface area contributed by atoms with Crippen LogP contribution in [0, 0.1) is 22.9 Å². The van der Waals surface area contributed by atoms with E-state index in [4.69, 9.17) is 27.7 Å². The monoisotopic (exact) mass is 608 g/mol. The zero-order valence-corrected chi connectivity index (χ0v) is 27.2. The van der Waals surface area contributed by atoms with Gasteiger partial charge in [-0.1, -0.05) is 63.3 Å². The molecule has 0 aliphatic carbocycles. The van der Waals surface area contributed by atoms with Gasteiger partial charge >= 0.3 is 0 Å². The Bertz CT molecular complexity index is 1590. The van der Waals surface area contributed by atoms with Crippen LogP contribution in [0.25, 0.3) is 31.9 Å². The van der Waals surface area contributed by atoms with Crippen molar-refractivity contribution in [1.82, 2.24) is 8.75 Å². The molecule has 0 N–H and O–H groups in total. The van der Waals surface area contributed by atoms with Crippen molar-refractivity contribution in [3.05, 3.63) is 21.9 Å². The highest BCUT2D eigenvalue weighted by Gasteiger charge is 2.30. The van der Waals surface area contributed by atoms with Crippen molar-refractivity contribution in [2.24, 2.45) is 0 Å². The Morgan fingerprint density at radius 1 is 0.615 bits per heavy atom. The quantitative estimate of drug-likeness (QED) is 0.178. The normalized spacial score (nSPS) is 14.4. The molecule has 0 spiro atoms. The highest BCUT2D eigenvalue weighted by atomic mass is 32.1. The van der Waals surface area contributed by atoms with Crippen molar-refractivity contribution in [2.45, 2.75) is 39.3 Å². The van der Waals surface area contributed by atoms with Crippen molar-refractivity contribution in [3.8, 4) is 66.8 Å². The van der Waals surface area contributed by atoms with Gasteiger partial charge in [0.1, 0.15) is 63.4 Å². The minimum absolute atomic E-state index is 0.508. The Kier molecular flexibility index (Phi) is 6.76. The van der Waals surface area contributed by atoms with Crippen molar-refractivity contribution >= 4 is 61.6 Å². The number of hydrogen-bond donors (Lipinski definition) is 0. The van der Waals surface area contributed by atoms with Gasteiger partial charge in [0.15, 0.2) is 23.0 Å². The molecule has 0 saturated heterocycles. The van der Waals surface area contributed by atoms with Gasteiger partial charge in [-0.25, -0.2) is 0 Å². The molecule has 6 rings (SSSR count). The third-order valence-electron chi connectivity index (χ3n) is 5.80. The second kappa shape index (κ2) is 9.99. The molecule has 200 valence electrons. The summed E-state index contributed by atoms with van der Waals surface area (Å²) in [7, 11) is -3.12. The number of hydrogen-bond acceptors (Lipinski definition) is 9. The van der Waals surface area contributed by atoms with Gasteiger partial charge in [-0.15, -0.1) is 33.8 Å². The Labute approximate surface area is 242 Å². The SMILES string of the molecule is C[Si](C)(C)C#Cc1sc(-c2ccc(-c3sc(C#C[Si](C)(C)C)c4c3OCCO4)c3nsnc23)c2c1OCCO2. The van der Waals surface area contributed by atoms with Crippen molar-refractivity contribution in [1.29, 1.82) is 0 Å². The number of thiophene rings is 2. The highest BCUT2D eigenvalue weighted by Crippen LogP contribution is 2.53. The van der Waals surface area contributed by atoms with E-state index in [1.54, 1.807) is 22.7 Å². The van der Waals surface area contributed by atoms with Gasteiger partial charge in [0.05, 0.1) is 21.5 Å². The van der Waals surface area contributed by atoms with E-state index >= 15 is 0 Å². The summed E-state index contributed by atoms with van der Waals surface area (Å²) < 4.78 is 33.8. The third kappa shape index (κ3) is 5.22. The van der Waals surface area contributed by atoms with Gasteiger partial charge in [-0.2, -0.15) is 8.75 Å². The van der Waals surface area contributed by atoms with E-state index in [1.165, 1.54) is 11.7 Å². The lowest BCUT2D eigenvalue weighted by Gasteiger charge is -2.17. The van der Waals surface area contributed by atoms with Gasteiger partial charge in [0.2, 0.25) is 0 Å². The molecule has 39 heavy (non-hydrogen) atoms. The maximum absolute atomic E-state index is 6.13. The van der Waals surface area contributed by atoms with Gasteiger partial charge in [-0.3, -0.25) is 0 Å². The molecule has 2 aliphatic heterocycles. The molecule has 0 fully saturated rings. The summed E-state index contributed by atoms with van der Waals surface area (Å²) >= 11 is 4.41. The average molecular weight is 609 g/mol. The largest absolute Gasteiger partial charge is 0.485 e. The first-order valence-electron chi connectivity index (χ1n) is 12.8. The Morgan fingerprint density at radius 2 is 1.00 bits per heavy atom. The molecule has 0 radical (unpaired) electrons. The van der Waals surface area contributed by atoms with Crippen molar-refractivity contribution < 1.29 is 18.9 Å². The lowest BCUT2D eigenvalue weighted by atomic mass is 10.0. The first-order valence-corrected chi connectivity index (χ1v) is 22.1. The molecule has 1 aromatic carbocycles. The summed E-state index contributed by atoms with van der Waals surface area (Å²) in [4.78, 5) is 3.77. The summed E-state index contributed by atoms with van der Waals surface area (Å²) in [6, 6.07) is 4.20. The van der Waals surface area contributed by atoms with E-state index in [9.17, 15) is 0 Å². The summed E-state index contributed by atoms with van der Waals surface area (Å²) in [5.74, 6) is 9.79. The Morgan fingerprint density at radius 3 is 1.38 bits per heavy atom. The average Bonchev–Trinajstić information content (AvgIpc) is 3.61. The Balaban J connectivity index is 1.50. The molecule has 4 aromatic rings. The van der Waals surface area contributed by atoms with E-state index in [1.807, 2.05) is 0 Å². The molecule has 3 aromatic heterocycles. The van der Waals surface area contributed by atoms with E-state index in [2.05, 4.69) is 74.3 Å². The van der Waals surface area contributed by atoms with Crippen LogP contribution in [0.3, 0.4) is 0 Å². The van der Waals surface area contributed by atoms with Crippen molar-refractivity contribution in [3.63, 3.8) is 0 Å². The standard InChI is InChI=1S/C28H28N2O4S3Si2/c1-38(2,3)15-9-19-23-25(33-13-11-31-23)27(35-19)17-7-8-18(22-21(17)29-37-30-22)28-26-24(32-12-14-34-26)20(36-28)10-16-39(4,5)6/h7-8H,11-14H2,1-6H3. The van der Waals surface area contributed by atoms with Crippen LogP contribution in [0.4, 0.5) is 0 Å². The van der Waals surface area contributed by atoms with Gasteiger partial charge in [0, 0.05) is 11.1 Å². The first-order chi connectivity index (χ1) is 18.6. The summed E-state index contributed by atoms with van der Waals surface area (Å²) in [6.07, 6.45) is 0. The maximum Gasteiger partial charge on any atom is 0.188 e. The first kappa shape index (κ1) is 26.4. The summed E-state index contributed by atoms with van der Waals surface area (Å²) in [6.45, 7) is 15.5. The third-order valence-corrected chi connectivity index (χ3v) is 10.3. The van der Waals surface area contributed by atoms with E-state index < -0.39 is 16.1 Å². The number of aromatic nitrogens is 2. The Hall–Kier alpha value is -2.81. The van der Waals surface area contributed by atoms with Gasteiger partial charge < -0.3 is 18.9 Å². The molecular formula is C28H28N2O4S3Si2. The fourth-order valence-corrected chi connectivity index (χ4v) is 8.04. The minimum Gasteiger partial charge on any atom is -0.485 e. The predicted octanol–water partition coefficient (Wildman–Crippen LogP) is 7.15. The van der Waals surface area contributed by atoms with Crippen LogP contribution in [0.2, 0.25) is 39.3 Å². The summed E-state index contributed by atoms with van der Waals surface area (Å²) in [5.41, 5.74) is 10.5. The molecule has 0 unspecified atom stereocenters. The molecule has 0 bridgehead atoms. The fraction of sp³-hybridized carbons (Fsp3) is 0.357. The van der Waals surface area contributed by atoms with E-state index in [0.29, 0.717) is 26.4 Å². The number of nitrogens with zero attached hydrogens (tertiary/aromatic N) is 2. The van der Waals surface area contributed by atoms with Crippen molar-refractivity contribution in [2.75, 3.05) is 26.4 Å². The van der Waals surface area contributed by atoms with Crippen LogP contribution in [-0.4, -0.2) is 51.3 Å². The van der Waals surface area contributed by atoms with Crippen LogP contribution in [0.15, 0.2) is 12.1 Å². The lowest BCUT2D eigenvalue weighted by molar-refractivity contribution is 0.174. The van der Waals surface area contributed by atoms with E-state index in [0.717, 1.165) is 64.7 Å². The molecule has 11 heteroatoms. The molecule has 6 nitrogen and oxygen atoms in total. The molecular weight excluding hydrogens is 581 g/mol. The lowest BCUT2D eigenvalue weighted by Crippen LogP contribution is -2.17. The van der Waals surface area contributed by atoms with Gasteiger partial charge in [0.25, 0.3) is 0 Å². The van der Waals surface area contributed by atoms with Crippen LogP contribution in [0.1, 0.15) is 9.75 Å². The molecule has 0 amide bonds. The molecule has 0 atom stereocenters. The van der Waals surface area contributed by atoms with Crippen LogP contribution in [0.5, 0.6) is 23.0 Å². The molecule has 5 heterocycles. The molecule has 2 aliphatic rings. The van der Waals surface area contributed by atoms with E-state index in [-0.39, 0.29) is 0 Å². The molecule has 0 saturated carbocycles. The second-order valence-electron chi connectivity index (χ2n) is 11.4. The van der Waals surface area contributed by atoms with Crippen LogP contribution < -0.4 is 18.9 Å². The zero-order chi connectivity index (χ0) is 27.4. The zero-order valence-electron chi connectivity index (χ0n) is 22.7. The predicted molar refractivity (Wildman–Crippen MR) is 166 cm³/mol. The number of fused-ring (bicyclic) bond motifs is 3. The highest BCUT2D eigenvalue weighted by molar-refractivity contribution is 7.17.